The second-order valence-electron chi connectivity index (χ2n) is 9.84. The van der Waals surface area contributed by atoms with Gasteiger partial charge in [0.15, 0.2) is 6.10 Å². The molecule has 3 aliphatic rings. The Bertz CT molecular complexity index is 844. The zero-order valence-electron chi connectivity index (χ0n) is 19.4. The van der Waals surface area contributed by atoms with E-state index in [9.17, 15) is 24.3 Å². The Morgan fingerprint density at radius 1 is 1.12 bits per heavy atom. The maximum Gasteiger partial charge on any atom is 0.334 e. The number of carbonyl (C=O) groups excluding carboxylic acids is 4. The van der Waals surface area contributed by atoms with Crippen molar-refractivity contribution in [2.75, 3.05) is 0 Å². The largest absolute Gasteiger partial charge is 0.462 e. The lowest BCUT2D eigenvalue weighted by Gasteiger charge is -2.61. The van der Waals surface area contributed by atoms with Crippen LogP contribution in [0.4, 0.5) is 0 Å². The number of rotatable bonds is 4. The van der Waals surface area contributed by atoms with E-state index in [4.69, 9.17) is 18.9 Å². The number of hydrogen-bond acceptors (Lipinski definition) is 9. The van der Waals surface area contributed by atoms with Crippen LogP contribution in [0.1, 0.15) is 54.4 Å². The number of carbonyl (C=O) groups is 4. The van der Waals surface area contributed by atoms with Gasteiger partial charge >= 0.3 is 23.9 Å². The van der Waals surface area contributed by atoms with Crippen LogP contribution in [0.25, 0.3) is 0 Å². The molecule has 3 fully saturated rings. The van der Waals surface area contributed by atoms with Crippen LogP contribution in [0.2, 0.25) is 0 Å². The first-order chi connectivity index (χ1) is 14.7. The van der Waals surface area contributed by atoms with Crippen molar-refractivity contribution < 1.29 is 43.2 Å². The maximum atomic E-state index is 12.7. The van der Waals surface area contributed by atoms with Crippen molar-refractivity contribution in [3.8, 4) is 0 Å². The van der Waals surface area contributed by atoms with Crippen LogP contribution in [0.15, 0.2) is 12.2 Å². The van der Waals surface area contributed by atoms with E-state index >= 15 is 0 Å². The minimum Gasteiger partial charge on any atom is -0.462 e. The smallest absolute Gasteiger partial charge is 0.334 e. The molecule has 32 heavy (non-hydrogen) atoms. The number of hydrogen-bond donors (Lipinski definition) is 1. The summed E-state index contributed by atoms with van der Waals surface area (Å²) < 4.78 is 22.8. The summed E-state index contributed by atoms with van der Waals surface area (Å²) in [7, 11) is 0. The molecule has 2 aliphatic carbocycles. The van der Waals surface area contributed by atoms with Crippen molar-refractivity contribution in [3.05, 3.63) is 12.2 Å². The van der Waals surface area contributed by atoms with Crippen molar-refractivity contribution in [1.29, 1.82) is 0 Å². The van der Waals surface area contributed by atoms with E-state index in [2.05, 4.69) is 6.58 Å². The van der Waals surface area contributed by atoms with E-state index < -0.39 is 77.1 Å². The molecule has 8 atom stereocenters. The third-order valence-corrected chi connectivity index (χ3v) is 7.13. The lowest BCUT2D eigenvalue weighted by molar-refractivity contribution is -0.280. The molecule has 9 nitrogen and oxygen atoms in total. The molecule has 0 bridgehead atoms. The summed E-state index contributed by atoms with van der Waals surface area (Å²) in [6.45, 7) is 13.0. The zero-order valence-corrected chi connectivity index (χ0v) is 19.4. The molecule has 1 saturated heterocycles. The van der Waals surface area contributed by atoms with Gasteiger partial charge in [-0.3, -0.25) is 14.4 Å². The number of ether oxygens (including phenoxy) is 4. The molecule has 1 aliphatic heterocycles. The fourth-order valence-electron chi connectivity index (χ4n) is 5.80. The van der Waals surface area contributed by atoms with E-state index in [0.29, 0.717) is 0 Å². The summed E-state index contributed by atoms with van der Waals surface area (Å²) in [5.41, 5.74) is -2.52. The Hall–Kier alpha value is -2.42. The second kappa shape index (κ2) is 8.17. The van der Waals surface area contributed by atoms with Gasteiger partial charge in [0, 0.05) is 25.3 Å². The average Bonchev–Trinajstić information content (AvgIpc) is 2.94. The lowest BCUT2D eigenvalue weighted by Crippen LogP contribution is -2.72. The summed E-state index contributed by atoms with van der Waals surface area (Å²) in [5.74, 6) is -4.48. The van der Waals surface area contributed by atoms with E-state index in [1.165, 1.54) is 13.8 Å². The molecule has 178 valence electrons. The first-order valence-electron chi connectivity index (χ1n) is 10.9. The highest BCUT2D eigenvalue weighted by Crippen LogP contribution is 2.60. The topological polar surface area (TPSA) is 125 Å². The molecule has 1 N–H and O–H groups in total. The first-order valence-corrected chi connectivity index (χ1v) is 10.9. The van der Waals surface area contributed by atoms with Gasteiger partial charge in [0.1, 0.15) is 18.3 Å². The number of fused-ring (bicyclic) bond motifs is 2. The minimum atomic E-state index is -1.39. The fraction of sp³-hybridized carbons (Fsp3) is 0.739. The molecular formula is C23H32O9. The number of esters is 4. The summed E-state index contributed by atoms with van der Waals surface area (Å²) in [6.07, 6.45) is -3.30. The third-order valence-electron chi connectivity index (χ3n) is 7.13. The fourth-order valence-corrected chi connectivity index (χ4v) is 5.80. The van der Waals surface area contributed by atoms with Gasteiger partial charge in [-0.25, -0.2) is 4.79 Å². The molecule has 0 amide bonds. The second-order valence-corrected chi connectivity index (χ2v) is 9.84. The van der Waals surface area contributed by atoms with Crippen molar-refractivity contribution in [1.82, 2.24) is 0 Å². The van der Waals surface area contributed by atoms with Crippen molar-refractivity contribution >= 4 is 23.9 Å². The van der Waals surface area contributed by atoms with Gasteiger partial charge in [-0.1, -0.05) is 27.4 Å². The first kappa shape index (κ1) is 24.2. The molecule has 0 radical (unpaired) electrons. The Kier molecular flexibility index (Phi) is 6.19. The molecule has 9 heteroatoms. The van der Waals surface area contributed by atoms with Crippen LogP contribution in [-0.4, -0.2) is 59.0 Å². The summed E-state index contributed by atoms with van der Waals surface area (Å²) >= 11 is 0. The van der Waals surface area contributed by atoms with E-state index in [0.717, 1.165) is 0 Å². The van der Waals surface area contributed by atoms with Gasteiger partial charge in [0.25, 0.3) is 0 Å². The van der Waals surface area contributed by atoms with Gasteiger partial charge < -0.3 is 24.1 Å². The molecule has 0 spiro atoms. The van der Waals surface area contributed by atoms with Crippen molar-refractivity contribution in [2.24, 2.45) is 23.2 Å². The standard InChI is InChI=1S/C23H32O9/c1-10(2)20(26)31-16-15-11(3)21(27)32-17(15)19(30-13(5)25)23(7)14(29-12(4)24)8-9-22(6,28)18(16)23/h10,14-19,28H,3,8-9H2,1-2,4-7H3/t14-,15-,16-,17-,18?,19-,22-,23+/m1/s1. The monoisotopic (exact) mass is 452 g/mol. The van der Waals surface area contributed by atoms with Crippen LogP contribution >= 0.6 is 0 Å². The normalized spacial score (nSPS) is 40.8. The molecule has 3 rings (SSSR count). The zero-order chi connectivity index (χ0) is 24.2. The summed E-state index contributed by atoms with van der Waals surface area (Å²) in [5, 5.41) is 11.5. The minimum absolute atomic E-state index is 0.0844. The SMILES string of the molecule is C=C1C(=O)O[C@@H]2[C@H]1[C@@H](OC(=O)C(C)C)C1[C@@](C)([C@@H]2OC(C)=O)[C@H](OC(C)=O)CC[C@@]1(C)O. The van der Waals surface area contributed by atoms with E-state index in [1.54, 1.807) is 27.7 Å². The van der Waals surface area contributed by atoms with Crippen LogP contribution in [0.3, 0.4) is 0 Å². The summed E-state index contributed by atoms with van der Waals surface area (Å²) in [6, 6.07) is 0. The van der Waals surface area contributed by atoms with Crippen LogP contribution in [-0.2, 0) is 38.1 Å². The molecule has 0 aromatic carbocycles. The van der Waals surface area contributed by atoms with Gasteiger partial charge in [0.05, 0.1) is 22.9 Å². The predicted octanol–water partition coefficient (Wildman–Crippen LogP) is 1.70. The molecule has 1 unspecified atom stereocenters. The average molecular weight is 453 g/mol. The van der Waals surface area contributed by atoms with Crippen LogP contribution in [0, 0.1) is 23.2 Å². The molecule has 0 aromatic rings. The lowest BCUT2D eigenvalue weighted by atomic mass is 9.49. The Morgan fingerprint density at radius 3 is 2.25 bits per heavy atom. The Balaban J connectivity index is 2.23. The molecule has 1 heterocycles. The van der Waals surface area contributed by atoms with Crippen molar-refractivity contribution in [3.63, 3.8) is 0 Å². The third kappa shape index (κ3) is 3.80. The van der Waals surface area contributed by atoms with E-state index in [1.807, 2.05) is 0 Å². The van der Waals surface area contributed by atoms with Gasteiger partial charge in [-0.2, -0.15) is 0 Å². The van der Waals surface area contributed by atoms with Crippen molar-refractivity contribution in [2.45, 2.75) is 84.4 Å². The molecule has 0 aromatic heterocycles. The van der Waals surface area contributed by atoms with Crippen LogP contribution < -0.4 is 0 Å². The highest BCUT2D eigenvalue weighted by Gasteiger charge is 2.72. The van der Waals surface area contributed by atoms with Gasteiger partial charge in [0.2, 0.25) is 0 Å². The summed E-state index contributed by atoms with van der Waals surface area (Å²) in [4.78, 5) is 49.2. The van der Waals surface area contributed by atoms with Gasteiger partial charge in [-0.05, 0) is 19.8 Å². The maximum absolute atomic E-state index is 12.7. The Labute approximate surface area is 187 Å². The number of aliphatic hydroxyl groups is 1. The predicted molar refractivity (Wildman–Crippen MR) is 110 cm³/mol. The molecule has 2 saturated carbocycles. The highest BCUT2D eigenvalue weighted by atomic mass is 16.6. The quantitative estimate of drug-likeness (QED) is 0.385. The van der Waals surface area contributed by atoms with Crippen LogP contribution in [0.5, 0.6) is 0 Å². The van der Waals surface area contributed by atoms with Gasteiger partial charge in [-0.15, -0.1) is 0 Å². The molecular weight excluding hydrogens is 420 g/mol. The Morgan fingerprint density at radius 2 is 1.72 bits per heavy atom. The van der Waals surface area contributed by atoms with E-state index in [-0.39, 0.29) is 18.4 Å². The highest BCUT2D eigenvalue weighted by molar-refractivity contribution is 5.91.